The van der Waals surface area contributed by atoms with Crippen LogP contribution in [-0.4, -0.2) is 9.97 Å². The van der Waals surface area contributed by atoms with Crippen molar-refractivity contribution in [1.82, 2.24) is 9.97 Å². The lowest BCUT2D eigenvalue weighted by atomic mass is 10.4. The largest absolute Gasteiger partial charge is 0.257 e. The van der Waals surface area contributed by atoms with Crippen LogP contribution < -0.4 is 0 Å². The normalized spacial score (nSPS) is 9.90. The molecule has 0 N–H and O–H groups in total. The fourth-order valence-corrected chi connectivity index (χ4v) is 1.13. The number of hydrogen-bond donors (Lipinski definition) is 0. The third-order valence-electron chi connectivity index (χ3n) is 1.08. The molecule has 0 fully saturated rings. The van der Waals surface area contributed by atoms with Gasteiger partial charge in [0.1, 0.15) is 4.60 Å². The summed E-state index contributed by atoms with van der Waals surface area (Å²) in [6.07, 6.45) is 1.76. The first-order valence-corrected chi connectivity index (χ1v) is 4.69. The van der Waals surface area contributed by atoms with Crippen LogP contribution in [0.15, 0.2) is 10.8 Å². The molecule has 0 spiro atoms. The molecular weight excluding hydrogens is 260 g/mol. The van der Waals surface area contributed by atoms with Gasteiger partial charge in [0, 0.05) is 11.5 Å². The first-order valence-electron chi connectivity index (χ1n) is 2.78. The van der Waals surface area contributed by atoms with Crippen molar-refractivity contribution in [2.24, 2.45) is 0 Å². The van der Waals surface area contributed by atoms with E-state index in [2.05, 4.69) is 41.8 Å². The zero-order valence-electron chi connectivity index (χ0n) is 5.43. The first kappa shape index (κ1) is 8.14. The van der Waals surface area contributed by atoms with Gasteiger partial charge >= 0.3 is 0 Å². The summed E-state index contributed by atoms with van der Waals surface area (Å²) in [5.41, 5.74) is 1.86. The third-order valence-corrected chi connectivity index (χ3v) is 2.41. The zero-order chi connectivity index (χ0) is 7.56. The maximum atomic E-state index is 4.20. The summed E-state index contributed by atoms with van der Waals surface area (Å²) < 4.78 is 0.824. The van der Waals surface area contributed by atoms with E-state index in [0.29, 0.717) is 0 Å². The van der Waals surface area contributed by atoms with Gasteiger partial charge in [-0.2, -0.15) is 0 Å². The molecule has 2 nitrogen and oxygen atoms in total. The molecule has 0 saturated carbocycles. The van der Waals surface area contributed by atoms with E-state index in [1.165, 1.54) is 0 Å². The zero-order valence-corrected chi connectivity index (χ0v) is 8.61. The molecule has 0 unspecified atom stereocenters. The van der Waals surface area contributed by atoms with Crippen LogP contribution in [-0.2, 0) is 5.33 Å². The summed E-state index contributed by atoms with van der Waals surface area (Å²) in [5.74, 6) is 0. The van der Waals surface area contributed by atoms with Gasteiger partial charge in [-0.15, -0.1) is 0 Å². The SMILES string of the molecule is Cc1ncc(CBr)nc1Br. The van der Waals surface area contributed by atoms with Gasteiger partial charge in [-0.25, -0.2) is 4.98 Å². The van der Waals surface area contributed by atoms with E-state index in [1.807, 2.05) is 6.92 Å². The second-order valence-electron chi connectivity index (χ2n) is 1.87. The van der Waals surface area contributed by atoms with Crippen molar-refractivity contribution in [2.45, 2.75) is 12.3 Å². The van der Waals surface area contributed by atoms with Crippen molar-refractivity contribution in [2.75, 3.05) is 0 Å². The predicted molar refractivity (Wildman–Crippen MR) is 47.1 cm³/mol. The van der Waals surface area contributed by atoms with Gasteiger partial charge in [-0.05, 0) is 22.9 Å². The molecule has 0 aliphatic rings. The van der Waals surface area contributed by atoms with Gasteiger partial charge in [0.15, 0.2) is 0 Å². The van der Waals surface area contributed by atoms with E-state index >= 15 is 0 Å². The van der Waals surface area contributed by atoms with Gasteiger partial charge in [0.2, 0.25) is 0 Å². The number of hydrogen-bond acceptors (Lipinski definition) is 2. The molecule has 0 atom stereocenters. The molecule has 0 aliphatic heterocycles. The Bertz CT molecular complexity index is 237. The van der Waals surface area contributed by atoms with Crippen LogP contribution in [0.2, 0.25) is 0 Å². The summed E-state index contributed by atoms with van der Waals surface area (Å²) in [4.78, 5) is 8.31. The molecule has 54 valence electrons. The fourth-order valence-electron chi connectivity index (χ4n) is 0.525. The molecule has 1 rings (SSSR count). The average molecular weight is 266 g/mol. The minimum Gasteiger partial charge on any atom is -0.257 e. The Labute approximate surface area is 76.3 Å². The Hall–Kier alpha value is 0.0400. The topological polar surface area (TPSA) is 25.8 Å². The van der Waals surface area contributed by atoms with E-state index in [-0.39, 0.29) is 0 Å². The Morgan fingerprint density at radius 3 is 2.80 bits per heavy atom. The van der Waals surface area contributed by atoms with Crippen molar-refractivity contribution in [3.63, 3.8) is 0 Å². The monoisotopic (exact) mass is 264 g/mol. The maximum Gasteiger partial charge on any atom is 0.127 e. The number of halogens is 2. The van der Waals surface area contributed by atoms with Crippen LogP contribution in [0.5, 0.6) is 0 Å². The molecule has 0 bridgehead atoms. The first-order chi connectivity index (χ1) is 4.74. The van der Waals surface area contributed by atoms with Crippen LogP contribution >= 0.6 is 31.9 Å². The van der Waals surface area contributed by atoms with Crippen molar-refractivity contribution in [3.8, 4) is 0 Å². The summed E-state index contributed by atoms with van der Waals surface area (Å²) in [5, 5.41) is 0.749. The molecule has 0 amide bonds. The quantitative estimate of drug-likeness (QED) is 0.729. The number of rotatable bonds is 1. The summed E-state index contributed by atoms with van der Waals surface area (Å²) in [6.45, 7) is 1.91. The van der Waals surface area contributed by atoms with Gasteiger partial charge in [-0.3, -0.25) is 4.98 Å². The molecule has 0 saturated heterocycles. The van der Waals surface area contributed by atoms with E-state index < -0.39 is 0 Å². The minimum absolute atomic E-state index is 0.749. The second kappa shape index (κ2) is 3.44. The van der Waals surface area contributed by atoms with Crippen molar-refractivity contribution < 1.29 is 0 Å². The summed E-state index contributed by atoms with van der Waals surface area (Å²) in [6, 6.07) is 0. The Balaban J connectivity index is 3.04. The highest BCUT2D eigenvalue weighted by molar-refractivity contribution is 9.10. The maximum absolute atomic E-state index is 4.20. The molecule has 1 heterocycles. The predicted octanol–water partition coefficient (Wildman–Crippen LogP) is 2.44. The highest BCUT2D eigenvalue weighted by Crippen LogP contribution is 2.11. The van der Waals surface area contributed by atoms with Crippen LogP contribution in [0.25, 0.3) is 0 Å². The number of nitrogens with zero attached hydrogens (tertiary/aromatic N) is 2. The standard InChI is InChI=1S/C6H6Br2N2/c1-4-6(8)10-5(2-7)3-9-4/h3H,2H2,1H3. The van der Waals surface area contributed by atoms with Crippen molar-refractivity contribution in [3.05, 3.63) is 22.2 Å². The second-order valence-corrected chi connectivity index (χ2v) is 3.18. The van der Waals surface area contributed by atoms with Crippen molar-refractivity contribution >= 4 is 31.9 Å². The van der Waals surface area contributed by atoms with Gasteiger partial charge < -0.3 is 0 Å². The molecule has 1 aromatic heterocycles. The van der Waals surface area contributed by atoms with Crippen LogP contribution in [0.1, 0.15) is 11.4 Å². The number of aromatic nitrogens is 2. The van der Waals surface area contributed by atoms with Crippen LogP contribution in [0.3, 0.4) is 0 Å². The Morgan fingerprint density at radius 2 is 2.30 bits per heavy atom. The molecule has 10 heavy (non-hydrogen) atoms. The lowest BCUT2D eigenvalue weighted by Gasteiger charge is -1.97. The molecule has 1 aromatic rings. The van der Waals surface area contributed by atoms with Gasteiger partial charge in [-0.1, -0.05) is 15.9 Å². The van der Waals surface area contributed by atoms with Crippen LogP contribution in [0.4, 0.5) is 0 Å². The lowest BCUT2D eigenvalue weighted by molar-refractivity contribution is 1.03. The molecular formula is C6H6Br2N2. The third kappa shape index (κ3) is 1.76. The molecule has 0 radical (unpaired) electrons. The molecule has 4 heteroatoms. The summed E-state index contributed by atoms with van der Waals surface area (Å²) in [7, 11) is 0. The molecule has 0 aliphatic carbocycles. The molecule has 0 aromatic carbocycles. The number of aryl methyl sites for hydroxylation is 1. The Morgan fingerprint density at radius 1 is 1.60 bits per heavy atom. The van der Waals surface area contributed by atoms with E-state index in [1.54, 1.807) is 6.20 Å². The van der Waals surface area contributed by atoms with E-state index in [0.717, 1.165) is 21.3 Å². The summed E-state index contributed by atoms with van der Waals surface area (Å²) >= 11 is 6.59. The van der Waals surface area contributed by atoms with Gasteiger partial charge in [0.05, 0.1) is 11.4 Å². The fraction of sp³-hybridized carbons (Fsp3) is 0.333. The minimum atomic E-state index is 0.749. The lowest BCUT2D eigenvalue weighted by Crippen LogP contribution is -1.91. The van der Waals surface area contributed by atoms with E-state index in [9.17, 15) is 0 Å². The highest BCUT2D eigenvalue weighted by atomic mass is 79.9. The number of alkyl halides is 1. The van der Waals surface area contributed by atoms with Gasteiger partial charge in [0.25, 0.3) is 0 Å². The van der Waals surface area contributed by atoms with Crippen molar-refractivity contribution in [1.29, 1.82) is 0 Å². The highest BCUT2D eigenvalue weighted by Gasteiger charge is 1.97. The van der Waals surface area contributed by atoms with E-state index in [4.69, 9.17) is 0 Å². The smallest absolute Gasteiger partial charge is 0.127 e. The Kier molecular flexibility index (Phi) is 2.80. The van der Waals surface area contributed by atoms with Crippen LogP contribution in [0, 0.1) is 6.92 Å². The average Bonchev–Trinajstić information content (AvgIpc) is 1.95.